The SMILES string of the molecule is Cc1ncc(-c2ccccc2Cl)s1.Cc1nccs1.Clc1ccccc1-c1cnc(CBr)s1.Clc1ccccc1I. The second-order valence-corrected chi connectivity index (χ2v) is 14.3. The van der Waals surface area contributed by atoms with Crippen molar-refractivity contribution in [3.63, 3.8) is 0 Å². The van der Waals surface area contributed by atoms with Crippen LogP contribution < -0.4 is 0 Å². The zero-order valence-electron chi connectivity index (χ0n) is 21.9. The average Bonchev–Trinajstić information content (AvgIpc) is 3.75. The summed E-state index contributed by atoms with van der Waals surface area (Å²) in [5.41, 5.74) is 2.12. The van der Waals surface area contributed by atoms with Gasteiger partial charge in [-0.1, -0.05) is 99.3 Å². The van der Waals surface area contributed by atoms with Crippen LogP contribution in [0.3, 0.4) is 0 Å². The standard InChI is InChI=1S/C10H7BrClNS.C10H8ClNS.C6H4ClI.C4H5NS/c11-5-10-13-6-9(14-10)7-3-1-2-4-8(7)12;1-7-12-6-10(13-7)8-4-2-3-5-9(8)11;7-5-3-1-2-4-6(5)8;1-4-5-2-3-6-4/h1-4,6H,5H2;2-6H,1H3;1-4H;2-3H,1H3. The van der Waals surface area contributed by atoms with Crippen LogP contribution in [-0.4, -0.2) is 15.0 Å². The van der Waals surface area contributed by atoms with Crippen LogP contribution in [0.15, 0.2) is 96.8 Å². The summed E-state index contributed by atoms with van der Waals surface area (Å²) in [4.78, 5) is 14.6. The van der Waals surface area contributed by atoms with Gasteiger partial charge in [0.15, 0.2) is 0 Å². The van der Waals surface area contributed by atoms with Crippen molar-refractivity contribution < 1.29 is 0 Å². The highest BCUT2D eigenvalue weighted by molar-refractivity contribution is 14.1. The fourth-order valence-corrected chi connectivity index (χ4v) is 6.70. The van der Waals surface area contributed by atoms with Gasteiger partial charge in [-0.3, -0.25) is 4.98 Å². The Morgan fingerprint density at radius 1 is 0.683 bits per heavy atom. The Morgan fingerprint density at radius 3 is 1.59 bits per heavy atom. The number of hydrogen-bond acceptors (Lipinski definition) is 6. The third-order valence-corrected chi connectivity index (χ3v) is 10.8. The van der Waals surface area contributed by atoms with Crippen LogP contribution >= 0.6 is 107 Å². The normalized spacial score (nSPS) is 9.93. The fourth-order valence-electron chi connectivity index (χ4n) is 3.04. The van der Waals surface area contributed by atoms with Crippen molar-refractivity contribution in [2.75, 3.05) is 0 Å². The second kappa shape index (κ2) is 18.3. The molecule has 0 aliphatic heterocycles. The van der Waals surface area contributed by atoms with Crippen LogP contribution in [0.25, 0.3) is 20.9 Å². The lowest BCUT2D eigenvalue weighted by Gasteiger charge is -1.98. The van der Waals surface area contributed by atoms with Crippen LogP contribution in [0.4, 0.5) is 0 Å². The van der Waals surface area contributed by atoms with E-state index in [2.05, 4.69) is 53.5 Å². The molecule has 0 fully saturated rings. The smallest absolute Gasteiger partial charge is 0.104 e. The first-order valence-electron chi connectivity index (χ1n) is 12.0. The molecular weight excluding hydrogens is 812 g/mol. The van der Waals surface area contributed by atoms with Crippen molar-refractivity contribution in [1.82, 2.24) is 15.0 Å². The topological polar surface area (TPSA) is 38.7 Å². The van der Waals surface area contributed by atoms with Crippen LogP contribution in [-0.2, 0) is 5.33 Å². The molecule has 0 N–H and O–H groups in total. The van der Waals surface area contributed by atoms with Gasteiger partial charge in [-0.05, 0) is 60.7 Å². The Kier molecular flexibility index (Phi) is 15.3. The largest absolute Gasteiger partial charge is 0.250 e. The average molecular weight is 836 g/mol. The van der Waals surface area contributed by atoms with Crippen LogP contribution in [0, 0.1) is 17.4 Å². The van der Waals surface area contributed by atoms with E-state index in [-0.39, 0.29) is 0 Å². The lowest BCUT2D eigenvalue weighted by Crippen LogP contribution is -1.72. The van der Waals surface area contributed by atoms with Gasteiger partial charge in [0.25, 0.3) is 0 Å². The number of rotatable bonds is 3. The molecule has 3 nitrogen and oxygen atoms in total. The highest BCUT2D eigenvalue weighted by atomic mass is 127. The van der Waals surface area contributed by atoms with Crippen molar-refractivity contribution in [3.05, 3.63) is 130 Å². The Labute approximate surface area is 289 Å². The molecule has 0 saturated heterocycles. The van der Waals surface area contributed by atoms with Crippen molar-refractivity contribution >= 4 is 107 Å². The molecule has 41 heavy (non-hydrogen) atoms. The predicted molar refractivity (Wildman–Crippen MR) is 194 cm³/mol. The zero-order valence-corrected chi connectivity index (χ0v) is 30.4. The monoisotopic (exact) mass is 833 g/mol. The summed E-state index contributed by atoms with van der Waals surface area (Å²) in [7, 11) is 0. The number of benzene rings is 3. The van der Waals surface area contributed by atoms with E-state index in [9.17, 15) is 0 Å². The highest BCUT2D eigenvalue weighted by Crippen LogP contribution is 2.33. The van der Waals surface area contributed by atoms with Gasteiger partial charge in [0.05, 0.1) is 30.1 Å². The molecule has 0 saturated carbocycles. The first kappa shape index (κ1) is 34.1. The Hall–Kier alpha value is -1.37. The van der Waals surface area contributed by atoms with Crippen LogP contribution in [0.2, 0.25) is 15.1 Å². The van der Waals surface area contributed by atoms with Gasteiger partial charge < -0.3 is 0 Å². The summed E-state index contributed by atoms with van der Waals surface area (Å²) in [6, 6.07) is 23.4. The quantitative estimate of drug-likeness (QED) is 0.132. The van der Waals surface area contributed by atoms with Gasteiger partial charge in [-0.25, -0.2) is 9.97 Å². The van der Waals surface area contributed by atoms with E-state index in [1.807, 2.05) is 104 Å². The molecule has 0 spiro atoms. The number of hydrogen-bond donors (Lipinski definition) is 0. The summed E-state index contributed by atoms with van der Waals surface area (Å²) < 4.78 is 1.10. The van der Waals surface area contributed by atoms with Crippen molar-refractivity contribution in [1.29, 1.82) is 0 Å². The van der Waals surface area contributed by atoms with Crippen molar-refractivity contribution in [2.24, 2.45) is 0 Å². The maximum absolute atomic E-state index is 6.08. The number of halogens is 5. The molecule has 6 aromatic rings. The molecular formula is C30H24BrCl3IN3S3. The maximum Gasteiger partial charge on any atom is 0.104 e. The lowest BCUT2D eigenvalue weighted by molar-refractivity contribution is 1.28. The summed E-state index contributed by atoms with van der Waals surface area (Å²) in [6.07, 6.45) is 5.53. The third-order valence-electron chi connectivity index (χ3n) is 4.95. The molecule has 0 atom stereocenters. The van der Waals surface area contributed by atoms with Crippen LogP contribution in [0.5, 0.6) is 0 Å². The Balaban J connectivity index is 0.000000158. The number of alkyl halides is 1. The van der Waals surface area contributed by atoms with E-state index in [1.165, 1.54) is 0 Å². The minimum Gasteiger partial charge on any atom is -0.250 e. The maximum atomic E-state index is 6.08. The fraction of sp³-hybridized carbons (Fsp3) is 0.100. The number of aromatic nitrogens is 3. The summed E-state index contributed by atoms with van der Waals surface area (Å²) in [5.74, 6) is 0. The molecule has 0 radical (unpaired) electrons. The van der Waals surface area contributed by atoms with Gasteiger partial charge in [-0.2, -0.15) is 0 Å². The summed E-state index contributed by atoms with van der Waals surface area (Å²) in [6.45, 7) is 3.98. The predicted octanol–water partition coefficient (Wildman–Crippen LogP) is 12.5. The van der Waals surface area contributed by atoms with Gasteiger partial charge in [0.1, 0.15) is 5.01 Å². The number of nitrogens with zero attached hydrogens (tertiary/aromatic N) is 3. The van der Waals surface area contributed by atoms with E-state index in [1.54, 1.807) is 40.2 Å². The molecule has 212 valence electrons. The molecule has 3 aromatic heterocycles. The minimum absolute atomic E-state index is 0.775. The van der Waals surface area contributed by atoms with Gasteiger partial charge >= 0.3 is 0 Å². The second-order valence-electron chi connectivity index (χ2n) is 7.92. The highest BCUT2D eigenvalue weighted by Gasteiger charge is 2.06. The molecule has 0 aliphatic carbocycles. The number of thiazole rings is 3. The first-order valence-corrected chi connectivity index (χ1v) is 17.8. The van der Waals surface area contributed by atoms with Crippen molar-refractivity contribution in [2.45, 2.75) is 19.2 Å². The molecule has 3 aromatic carbocycles. The molecule has 0 aliphatic rings. The summed E-state index contributed by atoms with van der Waals surface area (Å²) in [5, 5.41) is 8.42. The molecule has 11 heteroatoms. The van der Waals surface area contributed by atoms with Gasteiger partial charge in [-0.15, -0.1) is 34.0 Å². The summed E-state index contributed by atoms with van der Waals surface area (Å²) >= 11 is 28.4. The van der Waals surface area contributed by atoms with Crippen molar-refractivity contribution in [3.8, 4) is 20.9 Å². The zero-order chi connectivity index (χ0) is 29.6. The number of aryl methyl sites for hydroxylation is 2. The Morgan fingerprint density at radius 2 is 1.22 bits per heavy atom. The van der Waals surface area contributed by atoms with E-state index >= 15 is 0 Å². The molecule has 6 rings (SSSR count). The van der Waals surface area contributed by atoms with E-state index in [0.29, 0.717) is 0 Å². The van der Waals surface area contributed by atoms with Crippen LogP contribution in [0.1, 0.15) is 15.0 Å². The van der Waals surface area contributed by atoms with E-state index in [0.717, 1.165) is 59.9 Å². The van der Waals surface area contributed by atoms with Gasteiger partial charge in [0, 0.05) is 48.7 Å². The molecule has 3 heterocycles. The third kappa shape index (κ3) is 11.7. The lowest BCUT2D eigenvalue weighted by atomic mass is 10.2. The Bertz CT molecular complexity index is 1600. The van der Waals surface area contributed by atoms with E-state index in [4.69, 9.17) is 34.8 Å². The molecule has 0 bridgehead atoms. The van der Waals surface area contributed by atoms with Gasteiger partial charge in [0.2, 0.25) is 0 Å². The minimum atomic E-state index is 0.775. The first-order chi connectivity index (χ1) is 19.8. The molecule has 0 unspecified atom stereocenters. The molecule has 0 amide bonds. The van der Waals surface area contributed by atoms with E-state index < -0.39 is 0 Å².